The van der Waals surface area contributed by atoms with E-state index in [1.165, 1.54) is 12.1 Å². The van der Waals surface area contributed by atoms with Gasteiger partial charge >= 0.3 is 0 Å². The minimum atomic E-state index is -0.364. The summed E-state index contributed by atoms with van der Waals surface area (Å²) in [6.07, 6.45) is 0. The summed E-state index contributed by atoms with van der Waals surface area (Å²) < 4.78 is 13.3. The first-order chi connectivity index (χ1) is 8.91. The van der Waals surface area contributed by atoms with E-state index in [9.17, 15) is 9.18 Å². The number of ketones is 1. The number of halogens is 3. The SMILES string of the molecule is Cc1cc(F)cc(C)c1C(=O)c1c(Cl)cccc1Cl. The summed E-state index contributed by atoms with van der Waals surface area (Å²) in [6.45, 7) is 3.38. The summed E-state index contributed by atoms with van der Waals surface area (Å²) in [5.74, 6) is -0.651. The van der Waals surface area contributed by atoms with Crippen LogP contribution in [0.3, 0.4) is 0 Å². The maximum atomic E-state index is 13.3. The van der Waals surface area contributed by atoms with Crippen LogP contribution >= 0.6 is 23.2 Å². The van der Waals surface area contributed by atoms with Gasteiger partial charge in [-0.15, -0.1) is 0 Å². The molecule has 0 saturated heterocycles. The van der Waals surface area contributed by atoms with Crippen molar-refractivity contribution < 1.29 is 9.18 Å². The highest BCUT2D eigenvalue weighted by molar-refractivity contribution is 6.41. The summed E-state index contributed by atoms with van der Waals surface area (Å²) in [5.41, 5.74) is 1.83. The fourth-order valence-corrected chi connectivity index (χ4v) is 2.68. The van der Waals surface area contributed by atoms with Crippen LogP contribution in [0.2, 0.25) is 10.0 Å². The Morgan fingerprint density at radius 1 is 1.00 bits per heavy atom. The fraction of sp³-hybridized carbons (Fsp3) is 0.133. The highest BCUT2D eigenvalue weighted by Crippen LogP contribution is 2.29. The van der Waals surface area contributed by atoms with E-state index in [1.54, 1.807) is 32.0 Å². The van der Waals surface area contributed by atoms with Gasteiger partial charge in [-0.05, 0) is 49.2 Å². The molecular formula is C15H11Cl2FO. The van der Waals surface area contributed by atoms with Gasteiger partial charge in [0.2, 0.25) is 0 Å². The van der Waals surface area contributed by atoms with Crippen molar-refractivity contribution in [3.8, 4) is 0 Å². The Labute approximate surface area is 121 Å². The van der Waals surface area contributed by atoms with Gasteiger partial charge < -0.3 is 0 Å². The minimum Gasteiger partial charge on any atom is -0.288 e. The molecule has 0 unspecified atom stereocenters. The highest BCUT2D eigenvalue weighted by atomic mass is 35.5. The van der Waals surface area contributed by atoms with Crippen molar-refractivity contribution in [3.05, 3.63) is 68.4 Å². The molecule has 0 heterocycles. The third kappa shape index (κ3) is 2.65. The zero-order valence-electron chi connectivity index (χ0n) is 10.4. The lowest BCUT2D eigenvalue weighted by atomic mass is 9.94. The second-order valence-corrected chi connectivity index (χ2v) is 5.15. The Morgan fingerprint density at radius 2 is 1.47 bits per heavy atom. The van der Waals surface area contributed by atoms with Crippen LogP contribution in [0.15, 0.2) is 30.3 Å². The van der Waals surface area contributed by atoms with Gasteiger partial charge in [0.05, 0.1) is 15.6 Å². The first-order valence-corrected chi connectivity index (χ1v) is 6.43. The molecule has 0 amide bonds. The Bertz CT molecular complexity index is 622. The molecule has 1 nitrogen and oxygen atoms in total. The minimum absolute atomic E-state index is 0.253. The standard InChI is InChI=1S/C15H11Cl2FO/c1-8-6-10(18)7-9(2)13(8)15(19)14-11(16)4-3-5-12(14)17/h3-7H,1-2H3. The molecule has 0 atom stereocenters. The average molecular weight is 297 g/mol. The normalized spacial score (nSPS) is 10.6. The van der Waals surface area contributed by atoms with Crippen LogP contribution in [0.25, 0.3) is 0 Å². The van der Waals surface area contributed by atoms with Gasteiger partial charge in [0.1, 0.15) is 5.82 Å². The molecule has 0 aliphatic rings. The van der Waals surface area contributed by atoms with Crippen molar-refractivity contribution in [1.82, 2.24) is 0 Å². The van der Waals surface area contributed by atoms with E-state index in [-0.39, 0.29) is 17.2 Å². The van der Waals surface area contributed by atoms with Crippen LogP contribution in [-0.4, -0.2) is 5.78 Å². The summed E-state index contributed by atoms with van der Waals surface area (Å²) >= 11 is 12.1. The molecule has 0 aliphatic carbocycles. The lowest BCUT2D eigenvalue weighted by Gasteiger charge is -2.11. The number of aryl methyl sites for hydroxylation is 2. The smallest absolute Gasteiger partial charge is 0.196 e. The van der Waals surface area contributed by atoms with Gasteiger partial charge in [0.15, 0.2) is 5.78 Å². The van der Waals surface area contributed by atoms with Crippen LogP contribution in [-0.2, 0) is 0 Å². The van der Waals surface area contributed by atoms with Crippen LogP contribution in [0.1, 0.15) is 27.0 Å². The first kappa shape index (κ1) is 14.0. The number of carbonyl (C=O) groups is 1. The van der Waals surface area contributed by atoms with E-state index < -0.39 is 0 Å². The molecule has 0 aromatic heterocycles. The van der Waals surface area contributed by atoms with E-state index in [1.807, 2.05) is 0 Å². The van der Waals surface area contributed by atoms with Crippen molar-refractivity contribution in [2.24, 2.45) is 0 Å². The van der Waals surface area contributed by atoms with Gasteiger partial charge in [-0.25, -0.2) is 4.39 Å². The van der Waals surface area contributed by atoms with Crippen molar-refractivity contribution in [1.29, 1.82) is 0 Å². The molecule has 2 rings (SSSR count). The van der Waals surface area contributed by atoms with Gasteiger partial charge in [-0.2, -0.15) is 0 Å². The topological polar surface area (TPSA) is 17.1 Å². The van der Waals surface area contributed by atoms with Crippen molar-refractivity contribution in [2.45, 2.75) is 13.8 Å². The van der Waals surface area contributed by atoms with E-state index in [4.69, 9.17) is 23.2 Å². The lowest BCUT2D eigenvalue weighted by Crippen LogP contribution is -2.08. The number of benzene rings is 2. The molecule has 0 spiro atoms. The van der Waals surface area contributed by atoms with E-state index in [2.05, 4.69) is 0 Å². The van der Waals surface area contributed by atoms with Crippen molar-refractivity contribution >= 4 is 29.0 Å². The van der Waals surface area contributed by atoms with E-state index in [0.717, 1.165) is 0 Å². The van der Waals surface area contributed by atoms with Gasteiger partial charge in [0.25, 0.3) is 0 Å². The van der Waals surface area contributed by atoms with Gasteiger partial charge in [-0.3, -0.25) is 4.79 Å². The molecule has 0 saturated carbocycles. The second kappa shape index (κ2) is 5.32. The largest absolute Gasteiger partial charge is 0.288 e. The molecule has 0 aliphatic heterocycles. The molecule has 2 aromatic carbocycles. The summed E-state index contributed by atoms with van der Waals surface area (Å²) in [7, 11) is 0. The molecule has 0 fully saturated rings. The summed E-state index contributed by atoms with van der Waals surface area (Å²) in [4.78, 5) is 12.5. The fourth-order valence-electron chi connectivity index (χ4n) is 2.11. The Balaban J connectivity index is 2.64. The number of rotatable bonds is 2. The summed E-state index contributed by atoms with van der Waals surface area (Å²) in [5, 5.41) is 0.584. The zero-order valence-corrected chi connectivity index (χ0v) is 11.9. The maximum Gasteiger partial charge on any atom is 0.196 e. The Kier molecular flexibility index (Phi) is 3.93. The quantitative estimate of drug-likeness (QED) is 0.714. The average Bonchev–Trinajstić information content (AvgIpc) is 2.26. The number of hydrogen-bond donors (Lipinski definition) is 0. The number of hydrogen-bond acceptors (Lipinski definition) is 1. The van der Waals surface area contributed by atoms with Crippen molar-refractivity contribution in [3.63, 3.8) is 0 Å². The van der Waals surface area contributed by atoms with Crippen molar-refractivity contribution in [2.75, 3.05) is 0 Å². The second-order valence-electron chi connectivity index (χ2n) is 4.34. The van der Waals surface area contributed by atoms with Crippen LogP contribution in [0.5, 0.6) is 0 Å². The van der Waals surface area contributed by atoms with E-state index >= 15 is 0 Å². The third-order valence-electron chi connectivity index (χ3n) is 2.91. The third-order valence-corrected chi connectivity index (χ3v) is 3.54. The van der Waals surface area contributed by atoms with E-state index in [0.29, 0.717) is 26.7 Å². The molecule has 0 N–H and O–H groups in total. The van der Waals surface area contributed by atoms with Gasteiger partial charge in [0, 0.05) is 5.56 Å². The van der Waals surface area contributed by atoms with Crippen LogP contribution < -0.4 is 0 Å². The molecule has 98 valence electrons. The molecule has 0 radical (unpaired) electrons. The highest BCUT2D eigenvalue weighted by Gasteiger charge is 2.20. The molecule has 2 aromatic rings. The van der Waals surface area contributed by atoms with Gasteiger partial charge in [-0.1, -0.05) is 29.3 Å². The predicted molar refractivity (Wildman–Crippen MR) is 75.8 cm³/mol. The predicted octanol–water partition coefficient (Wildman–Crippen LogP) is 4.98. The zero-order chi connectivity index (χ0) is 14.2. The van der Waals surface area contributed by atoms with Crippen LogP contribution in [0.4, 0.5) is 4.39 Å². The van der Waals surface area contributed by atoms with Crippen LogP contribution in [0, 0.1) is 19.7 Å². The number of carbonyl (C=O) groups excluding carboxylic acids is 1. The Hall–Kier alpha value is -1.38. The molecule has 0 bridgehead atoms. The maximum absolute atomic E-state index is 13.3. The lowest BCUT2D eigenvalue weighted by molar-refractivity contribution is 0.103. The molecule has 19 heavy (non-hydrogen) atoms. The first-order valence-electron chi connectivity index (χ1n) is 5.67. The molecular weight excluding hydrogens is 286 g/mol. The summed E-state index contributed by atoms with van der Waals surface area (Å²) in [6, 6.07) is 7.53. The molecule has 4 heteroatoms. The monoisotopic (exact) mass is 296 g/mol. The Morgan fingerprint density at radius 3 is 1.95 bits per heavy atom.